The molecule has 0 unspecified atom stereocenters. The number of sulfonamides is 1. The van der Waals surface area contributed by atoms with Crippen LogP contribution in [0.15, 0.2) is 53.4 Å². The number of anilines is 1. The van der Waals surface area contributed by atoms with Crippen molar-refractivity contribution in [1.29, 1.82) is 0 Å². The second-order valence-corrected chi connectivity index (χ2v) is 10.7. The van der Waals surface area contributed by atoms with Gasteiger partial charge in [0.05, 0.1) is 22.3 Å². The molecule has 0 saturated carbocycles. The monoisotopic (exact) mass is 562 g/mol. The Kier molecular flexibility index (Phi) is 9.66. The van der Waals surface area contributed by atoms with Gasteiger partial charge in [-0.1, -0.05) is 24.3 Å². The van der Waals surface area contributed by atoms with Gasteiger partial charge in [-0.25, -0.2) is 22.9 Å². The summed E-state index contributed by atoms with van der Waals surface area (Å²) in [5, 5.41) is 9.23. The van der Waals surface area contributed by atoms with Crippen LogP contribution in [0.5, 0.6) is 5.88 Å². The average molecular weight is 563 g/mol. The van der Waals surface area contributed by atoms with Crippen LogP contribution < -0.4 is 15.2 Å². The van der Waals surface area contributed by atoms with E-state index in [0.717, 1.165) is 42.2 Å². The Morgan fingerprint density at radius 3 is 2.55 bits per heavy atom. The van der Waals surface area contributed by atoms with Gasteiger partial charge in [-0.3, -0.25) is 0 Å². The number of nitrogens with two attached hydrogens (primary N) is 1. The largest absolute Gasteiger partial charge is 0.478 e. The van der Waals surface area contributed by atoms with Crippen LogP contribution in [0.4, 0.5) is 5.95 Å². The number of hydrogen-bond donors (Lipinski definition) is 3. The molecule has 4 rings (SSSR count). The van der Waals surface area contributed by atoms with E-state index in [1.54, 1.807) is 6.07 Å². The van der Waals surface area contributed by atoms with Crippen LogP contribution in [0.1, 0.15) is 40.7 Å². The van der Waals surface area contributed by atoms with Gasteiger partial charge >= 0.3 is 5.97 Å². The van der Waals surface area contributed by atoms with Gasteiger partial charge in [-0.05, 0) is 62.4 Å². The molecule has 1 aromatic heterocycles. The summed E-state index contributed by atoms with van der Waals surface area (Å²) in [5.41, 5.74) is 9.29. The molecule has 1 aliphatic heterocycles. The van der Waals surface area contributed by atoms with Gasteiger partial charge in [0.2, 0.25) is 11.8 Å². The molecule has 1 aliphatic rings. The van der Waals surface area contributed by atoms with Crippen LogP contribution in [0.25, 0.3) is 11.3 Å². The van der Waals surface area contributed by atoms with Crippen molar-refractivity contribution in [3.05, 3.63) is 65.2 Å². The summed E-state index contributed by atoms with van der Waals surface area (Å²) in [6.07, 6.45) is 2.74. The van der Waals surface area contributed by atoms with E-state index in [0.29, 0.717) is 12.1 Å². The lowest BCUT2D eigenvalue weighted by atomic mass is 10.00. The van der Waals surface area contributed by atoms with Crippen molar-refractivity contribution < 1.29 is 27.8 Å². The summed E-state index contributed by atoms with van der Waals surface area (Å²) >= 11 is 0. The fourth-order valence-corrected chi connectivity index (χ4v) is 5.28. The molecule has 0 radical (unpaired) electrons. The molecule has 4 N–H and O–H groups in total. The van der Waals surface area contributed by atoms with E-state index in [1.165, 1.54) is 18.2 Å². The Morgan fingerprint density at radius 2 is 1.89 bits per heavy atom. The molecule has 38 heavy (non-hydrogen) atoms. The first-order chi connectivity index (χ1) is 17.6. The maximum absolute atomic E-state index is 13.1. The zero-order valence-electron chi connectivity index (χ0n) is 21.1. The smallest absolute Gasteiger partial charge is 0.335 e. The molecule has 2 aromatic carbocycles. The van der Waals surface area contributed by atoms with Crippen molar-refractivity contribution in [2.24, 2.45) is 5.73 Å². The molecule has 1 saturated heterocycles. The van der Waals surface area contributed by atoms with Crippen molar-refractivity contribution in [2.45, 2.75) is 50.2 Å². The Hall–Kier alpha value is -3.25. The number of carboxylic acid groups (broad SMARTS) is 1. The van der Waals surface area contributed by atoms with Crippen LogP contribution in [-0.2, 0) is 14.8 Å². The van der Waals surface area contributed by atoms with Crippen molar-refractivity contribution in [1.82, 2.24) is 9.97 Å². The van der Waals surface area contributed by atoms with E-state index < -0.39 is 16.0 Å². The van der Waals surface area contributed by atoms with Gasteiger partial charge < -0.3 is 20.3 Å². The van der Waals surface area contributed by atoms with Crippen molar-refractivity contribution in [3.63, 3.8) is 0 Å². The van der Waals surface area contributed by atoms with Gasteiger partial charge in [0, 0.05) is 24.3 Å². The first-order valence-electron chi connectivity index (χ1n) is 11.9. The predicted molar refractivity (Wildman–Crippen MR) is 145 cm³/mol. The summed E-state index contributed by atoms with van der Waals surface area (Å²) in [4.78, 5) is 19.8. The maximum Gasteiger partial charge on any atom is 0.335 e. The third-order valence-corrected chi connectivity index (χ3v) is 7.42. The number of benzene rings is 2. The van der Waals surface area contributed by atoms with E-state index in [1.807, 2.05) is 32.0 Å². The molecule has 1 fully saturated rings. The second kappa shape index (κ2) is 12.5. The van der Waals surface area contributed by atoms with Gasteiger partial charge in [-0.2, -0.15) is 4.98 Å². The van der Waals surface area contributed by atoms with E-state index in [4.69, 9.17) is 15.2 Å². The zero-order valence-corrected chi connectivity index (χ0v) is 22.7. The highest BCUT2D eigenvalue weighted by molar-refractivity contribution is 7.92. The van der Waals surface area contributed by atoms with E-state index in [2.05, 4.69) is 14.7 Å². The van der Waals surface area contributed by atoms with Crippen LogP contribution in [0, 0.1) is 13.8 Å². The standard InChI is InChI=1S/C26H30N4O6S.ClH/c1-16-6-3-7-17(2)24(16)22-14-23(36-15-19(27)13-20-9-5-11-35-20)29-26(28-22)30-37(33,34)21-10-4-8-18(12-21)25(31)32;/h3-4,6-8,10,12,14,19-20H,5,9,11,13,15,27H2,1-2H3,(H,31,32)(H,28,29,30);1H/t19-,20-;/m1./s1. The summed E-state index contributed by atoms with van der Waals surface area (Å²) in [5.74, 6) is -1.28. The number of halogens is 1. The normalized spacial score (nSPS) is 15.9. The first-order valence-corrected chi connectivity index (χ1v) is 13.4. The Morgan fingerprint density at radius 1 is 1.18 bits per heavy atom. The topological polar surface area (TPSA) is 154 Å². The molecule has 0 bridgehead atoms. The minimum Gasteiger partial charge on any atom is -0.478 e. The van der Waals surface area contributed by atoms with Crippen molar-refractivity contribution >= 4 is 34.3 Å². The van der Waals surface area contributed by atoms with Crippen LogP contribution >= 0.6 is 12.4 Å². The summed E-state index contributed by atoms with van der Waals surface area (Å²) in [6.45, 7) is 4.77. The van der Waals surface area contributed by atoms with E-state index in [9.17, 15) is 18.3 Å². The first kappa shape index (κ1) is 29.3. The highest BCUT2D eigenvalue weighted by Gasteiger charge is 2.22. The average Bonchev–Trinajstić information content (AvgIpc) is 3.35. The molecule has 10 nitrogen and oxygen atoms in total. The Balaban J connectivity index is 0.00000400. The predicted octanol–water partition coefficient (Wildman–Crippen LogP) is 3.96. The third kappa shape index (κ3) is 7.19. The quantitative estimate of drug-likeness (QED) is 0.333. The maximum atomic E-state index is 13.1. The molecule has 12 heteroatoms. The molecule has 0 aliphatic carbocycles. The van der Waals surface area contributed by atoms with E-state index in [-0.39, 0.29) is 53.4 Å². The lowest BCUT2D eigenvalue weighted by Gasteiger charge is -2.18. The highest BCUT2D eigenvalue weighted by atomic mass is 35.5. The third-order valence-electron chi connectivity index (χ3n) is 6.09. The van der Waals surface area contributed by atoms with Gasteiger partial charge in [0.25, 0.3) is 10.0 Å². The fourth-order valence-electron chi connectivity index (χ4n) is 4.29. The molecule has 0 amide bonds. The van der Waals surface area contributed by atoms with Crippen LogP contribution in [-0.4, -0.2) is 54.8 Å². The van der Waals surface area contributed by atoms with Crippen molar-refractivity contribution in [2.75, 3.05) is 17.9 Å². The molecule has 204 valence electrons. The number of nitrogens with zero attached hydrogens (tertiary/aromatic N) is 2. The number of aromatic carboxylic acids is 1. The Bertz CT molecular complexity index is 1380. The van der Waals surface area contributed by atoms with E-state index >= 15 is 0 Å². The molecule has 3 aromatic rings. The number of nitrogens with one attached hydrogen (secondary N) is 1. The molecule has 2 heterocycles. The number of carboxylic acids is 1. The minimum absolute atomic E-state index is 0. The number of hydrogen-bond acceptors (Lipinski definition) is 8. The molecular formula is C26H31ClN4O6S. The van der Waals surface area contributed by atoms with Crippen molar-refractivity contribution in [3.8, 4) is 17.1 Å². The molecule has 2 atom stereocenters. The summed E-state index contributed by atoms with van der Waals surface area (Å²) < 4.78 is 40.0. The molecule has 0 spiro atoms. The van der Waals surface area contributed by atoms with Crippen LogP contribution in [0.2, 0.25) is 0 Å². The SMILES string of the molecule is Cc1cccc(C)c1-c1cc(OC[C@H](N)C[C@H]2CCCO2)nc(NS(=O)(=O)c2cccc(C(=O)O)c2)n1.Cl. The number of ether oxygens (including phenoxy) is 2. The minimum atomic E-state index is -4.19. The van der Waals surface area contributed by atoms with Gasteiger partial charge in [0.1, 0.15) is 6.61 Å². The number of rotatable bonds is 10. The lowest BCUT2D eigenvalue weighted by Crippen LogP contribution is -2.32. The number of aryl methyl sites for hydroxylation is 2. The van der Waals surface area contributed by atoms with Gasteiger partial charge in [0.15, 0.2) is 0 Å². The molecular weight excluding hydrogens is 532 g/mol. The Labute approximate surface area is 228 Å². The highest BCUT2D eigenvalue weighted by Crippen LogP contribution is 2.29. The zero-order chi connectivity index (χ0) is 26.6. The number of carbonyl (C=O) groups is 1. The number of aromatic nitrogens is 2. The summed E-state index contributed by atoms with van der Waals surface area (Å²) in [7, 11) is -4.19. The van der Waals surface area contributed by atoms with Gasteiger partial charge in [-0.15, -0.1) is 12.4 Å². The lowest BCUT2D eigenvalue weighted by molar-refractivity contribution is 0.0696. The summed E-state index contributed by atoms with van der Waals surface area (Å²) in [6, 6.07) is 12.2. The fraction of sp³-hybridized carbons (Fsp3) is 0.346. The second-order valence-electron chi connectivity index (χ2n) is 9.06. The van der Waals surface area contributed by atoms with Crippen LogP contribution in [0.3, 0.4) is 0 Å².